The van der Waals surface area contributed by atoms with Gasteiger partial charge in [-0.1, -0.05) is 6.07 Å². The SMILES string of the molecule is Cc1cccn2c(=O)c(C=O)c(N3CCOCC3)nc12. The van der Waals surface area contributed by atoms with E-state index < -0.39 is 0 Å². The quantitative estimate of drug-likeness (QED) is 0.752. The Balaban J connectivity index is 2.27. The Kier molecular flexibility index (Phi) is 3.23. The molecule has 1 aliphatic rings. The molecular weight excluding hydrogens is 258 g/mol. The summed E-state index contributed by atoms with van der Waals surface area (Å²) in [7, 11) is 0. The number of carbonyl (C=O) groups excluding carboxylic acids is 1. The van der Waals surface area contributed by atoms with E-state index in [0.29, 0.717) is 44.1 Å². The molecule has 2 aromatic rings. The van der Waals surface area contributed by atoms with Crippen LogP contribution in [0.1, 0.15) is 15.9 Å². The van der Waals surface area contributed by atoms with E-state index >= 15 is 0 Å². The molecule has 0 unspecified atom stereocenters. The van der Waals surface area contributed by atoms with Crippen LogP contribution in [-0.4, -0.2) is 42.0 Å². The van der Waals surface area contributed by atoms with Gasteiger partial charge in [0.25, 0.3) is 5.56 Å². The average molecular weight is 273 g/mol. The maximum absolute atomic E-state index is 12.4. The van der Waals surface area contributed by atoms with Gasteiger partial charge in [0.05, 0.1) is 13.2 Å². The second kappa shape index (κ2) is 5.05. The lowest BCUT2D eigenvalue weighted by atomic mass is 10.2. The van der Waals surface area contributed by atoms with Crippen molar-refractivity contribution in [3.8, 4) is 0 Å². The van der Waals surface area contributed by atoms with Crippen molar-refractivity contribution >= 4 is 17.8 Å². The number of fused-ring (bicyclic) bond motifs is 1. The van der Waals surface area contributed by atoms with Crippen LogP contribution in [0.15, 0.2) is 23.1 Å². The van der Waals surface area contributed by atoms with Crippen molar-refractivity contribution in [2.75, 3.05) is 31.2 Å². The van der Waals surface area contributed by atoms with Crippen LogP contribution in [0.5, 0.6) is 0 Å². The van der Waals surface area contributed by atoms with Crippen molar-refractivity contribution < 1.29 is 9.53 Å². The molecule has 20 heavy (non-hydrogen) atoms. The number of rotatable bonds is 2. The van der Waals surface area contributed by atoms with Crippen LogP contribution in [0.2, 0.25) is 0 Å². The topological polar surface area (TPSA) is 63.9 Å². The van der Waals surface area contributed by atoms with Crippen molar-refractivity contribution in [2.24, 2.45) is 0 Å². The zero-order valence-electron chi connectivity index (χ0n) is 11.2. The summed E-state index contributed by atoms with van der Waals surface area (Å²) in [6, 6.07) is 3.67. The van der Waals surface area contributed by atoms with Crippen molar-refractivity contribution in [3.05, 3.63) is 39.8 Å². The number of aryl methyl sites for hydroxylation is 1. The number of anilines is 1. The molecule has 0 radical (unpaired) electrons. The van der Waals surface area contributed by atoms with Crippen LogP contribution in [0.25, 0.3) is 5.65 Å². The van der Waals surface area contributed by atoms with E-state index in [4.69, 9.17) is 4.74 Å². The van der Waals surface area contributed by atoms with E-state index in [-0.39, 0.29) is 11.1 Å². The molecular formula is C14H15N3O3. The first kappa shape index (κ1) is 12.8. The van der Waals surface area contributed by atoms with Crippen molar-refractivity contribution in [1.82, 2.24) is 9.38 Å². The molecule has 0 spiro atoms. The van der Waals surface area contributed by atoms with Gasteiger partial charge < -0.3 is 9.64 Å². The molecule has 0 amide bonds. The Bertz CT molecular complexity index is 717. The van der Waals surface area contributed by atoms with Gasteiger partial charge in [0.15, 0.2) is 6.29 Å². The Morgan fingerprint density at radius 1 is 1.35 bits per heavy atom. The molecule has 1 fully saturated rings. The fourth-order valence-corrected chi connectivity index (χ4v) is 2.42. The fourth-order valence-electron chi connectivity index (χ4n) is 2.42. The number of carbonyl (C=O) groups is 1. The third-order valence-electron chi connectivity index (χ3n) is 3.49. The standard InChI is InChI=1S/C14H15N3O3/c1-10-3-2-4-17-12(10)15-13(11(9-18)14(17)19)16-5-7-20-8-6-16/h2-4,9H,5-8H2,1H3. The summed E-state index contributed by atoms with van der Waals surface area (Å²) >= 11 is 0. The monoisotopic (exact) mass is 273 g/mol. The van der Waals surface area contributed by atoms with E-state index in [1.165, 1.54) is 4.40 Å². The number of aldehydes is 1. The minimum Gasteiger partial charge on any atom is -0.378 e. The first-order valence-electron chi connectivity index (χ1n) is 6.52. The Labute approximate surface area is 115 Å². The van der Waals surface area contributed by atoms with Crippen LogP contribution in [0, 0.1) is 6.92 Å². The predicted octanol–water partition coefficient (Wildman–Crippen LogP) is 0.652. The molecule has 0 saturated carbocycles. The maximum Gasteiger partial charge on any atom is 0.270 e. The number of pyridine rings is 1. The van der Waals surface area contributed by atoms with Crippen LogP contribution in [0.3, 0.4) is 0 Å². The van der Waals surface area contributed by atoms with Gasteiger partial charge in [-0.15, -0.1) is 0 Å². The van der Waals surface area contributed by atoms with Gasteiger partial charge in [-0.05, 0) is 18.6 Å². The molecule has 1 saturated heterocycles. The van der Waals surface area contributed by atoms with Crippen LogP contribution < -0.4 is 10.5 Å². The highest BCUT2D eigenvalue weighted by Gasteiger charge is 2.20. The minimum atomic E-state index is -0.324. The molecule has 0 N–H and O–H groups in total. The number of hydrogen-bond acceptors (Lipinski definition) is 5. The van der Waals surface area contributed by atoms with E-state index in [1.54, 1.807) is 12.3 Å². The maximum atomic E-state index is 12.4. The summed E-state index contributed by atoms with van der Waals surface area (Å²) in [5.41, 5.74) is 1.27. The summed E-state index contributed by atoms with van der Waals surface area (Å²) in [4.78, 5) is 30.2. The van der Waals surface area contributed by atoms with Gasteiger partial charge in [0, 0.05) is 19.3 Å². The Hall–Kier alpha value is -2.21. The lowest BCUT2D eigenvalue weighted by molar-refractivity contribution is 0.111. The fraction of sp³-hybridized carbons (Fsp3) is 0.357. The molecule has 104 valence electrons. The highest BCUT2D eigenvalue weighted by Crippen LogP contribution is 2.17. The molecule has 2 aromatic heterocycles. The normalized spacial score (nSPS) is 15.6. The number of morpholine rings is 1. The van der Waals surface area contributed by atoms with Gasteiger partial charge in [-0.2, -0.15) is 0 Å². The van der Waals surface area contributed by atoms with Gasteiger partial charge in [0.2, 0.25) is 0 Å². The molecule has 3 heterocycles. The van der Waals surface area contributed by atoms with Gasteiger partial charge in [-0.3, -0.25) is 14.0 Å². The number of hydrogen-bond donors (Lipinski definition) is 0. The van der Waals surface area contributed by atoms with Crippen LogP contribution in [0.4, 0.5) is 5.82 Å². The van der Waals surface area contributed by atoms with Crippen molar-refractivity contribution in [3.63, 3.8) is 0 Å². The first-order chi connectivity index (χ1) is 9.72. The van der Waals surface area contributed by atoms with E-state index in [1.807, 2.05) is 17.9 Å². The largest absolute Gasteiger partial charge is 0.378 e. The molecule has 0 atom stereocenters. The lowest BCUT2D eigenvalue weighted by Crippen LogP contribution is -2.39. The lowest BCUT2D eigenvalue weighted by Gasteiger charge is -2.28. The van der Waals surface area contributed by atoms with E-state index in [0.717, 1.165) is 5.56 Å². The molecule has 1 aliphatic heterocycles. The van der Waals surface area contributed by atoms with E-state index in [2.05, 4.69) is 4.98 Å². The predicted molar refractivity (Wildman–Crippen MR) is 74.6 cm³/mol. The molecule has 3 rings (SSSR count). The Morgan fingerprint density at radius 2 is 2.10 bits per heavy atom. The van der Waals surface area contributed by atoms with Gasteiger partial charge in [0.1, 0.15) is 17.0 Å². The molecule has 0 aromatic carbocycles. The third kappa shape index (κ3) is 1.98. The number of aromatic nitrogens is 2. The smallest absolute Gasteiger partial charge is 0.270 e. The molecule has 0 bridgehead atoms. The average Bonchev–Trinajstić information content (AvgIpc) is 2.49. The zero-order chi connectivity index (χ0) is 14.1. The van der Waals surface area contributed by atoms with E-state index in [9.17, 15) is 9.59 Å². The van der Waals surface area contributed by atoms with Gasteiger partial charge in [-0.25, -0.2) is 4.98 Å². The van der Waals surface area contributed by atoms with Crippen LogP contribution >= 0.6 is 0 Å². The summed E-state index contributed by atoms with van der Waals surface area (Å²) < 4.78 is 6.71. The summed E-state index contributed by atoms with van der Waals surface area (Å²) in [5.74, 6) is 0.461. The Morgan fingerprint density at radius 3 is 2.80 bits per heavy atom. The molecule has 6 heteroatoms. The second-order valence-electron chi connectivity index (χ2n) is 4.76. The highest BCUT2D eigenvalue weighted by atomic mass is 16.5. The highest BCUT2D eigenvalue weighted by molar-refractivity contribution is 5.83. The summed E-state index contributed by atoms with van der Waals surface area (Å²) in [6.45, 7) is 4.32. The molecule has 0 aliphatic carbocycles. The van der Waals surface area contributed by atoms with Crippen molar-refractivity contribution in [1.29, 1.82) is 0 Å². The zero-order valence-corrected chi connectivity index (χ0v) is 11.2. The summed E-state index contributed by atoms with van der Waals surface area (Å²) in [6.07, 6.45) is 2.22. The minimum absolute atomic E-state index is 0.106. The first-order valence-corrected chi connectivity index (χ1v) is 6.52. The second-order valence-corrected chi connectivity index (χ2v) is 4.76. The molecule has 6 nitrogen and oxygen atoms in total. The number of ether oxygens (including phenoxy) is 1. The van der Waals surface area contributed by atoms with Crippen LogP contribution in [-0.2, 0) is 4.74 Å². The third-order valence-corrected chi connectivity index (χ3v) is 3.49. The van der Waals surface area contributed by atoms with Crippen molar-refractivity contribution in [2.45, 2.75) is 6.92 Å². The summed E-state index contributed by atoms with van der Waals surface area (Å²) in [5, 5.41) is 0. The number of nitrogens with zero attached hydrogens (tertiary/aromatic N) is 3. The van der Waals surface area contributed by atoms with Gasteiger partial charge >= 0.3 is 0 Å².